The van der Waals surface area contributed by atoms with E-state index in [0.29, 0.717) is 4.88 Å². The molecule has 2 aromatic rings. The van der Waals surface area contributed by atoms with Crippen LogP contribution >= 0.6 is 27.3 Å². The van der Waals surface area contributed by atoms with Crippen molar-refractivity contribution in [3.63, 3.8) is 0 Å². The van der Waals surface area contributed by atoms with Crippen molar-refractivity contribution in [3.05, 3.63) is 45.1 Å². The molecule has 1 fully saturated rings. The normalized spacial score (nSPS) is 14.2. The van der Waals surface area contributed by atoms with Gasteiger partial charge in [0.15, 0.2) is 0 Å². The van der Waals surface area contributed by atoms with Crippen LogP contribution < -0.4 is 15.5 Å². The SMILES string of the molecule is O=C(CNC(=O)c1ccc(Br)s1)Nc1ccc(N2CCCCC2)cc1. The smallest absolute Gasteiger partial charge is 0.261 e. The Morgan fingerprint density at radius 1 is 1.04 bits per heavy atom. The van der Waals surface area contributed by atoms with E-state index in [9.17, 15) is 9.59 Å². The highest BCUT2D eigenvalue weighted by molar-refractivity contribution is 9.11. The van der Waals surface area contributed by atoms with Crippen LogP contribution in [-0.4, -0.2) is 31.4 Å². The molecule has 132 valence electrons. The van der Waals surface area contributed by atoms with Crippen molar-refractivity contribution in [3.8, 4) is 0 Å². The van der Waals surface area contributed by atoms with Gasteiger partial charge in [0.2, 0.25) is 5.91 Å². The molecule has 2 amide bonds. The second-order valence-electron chi connectivity index (χ2n) is 5.93. The zero-order valence-corrected chi connectivity index (χ0v) is 16.2. The van der Waals surface area contributed by atoms with E-state index < -0.39 is 0 Å². The van der Waals surface area contributed by atoms with Gasteiger partial charge in [0, 0.05) is 24.5 Å². The molecule has 3 rings (SSSR count). The summed E-state index contributed by atoms with van der Waals surface area (Å²) in [6.07, 6.45) is 3.77. The van der Waals surface area contributed by atoms with Gasteiger partial charge in [-0.25, -0.2) is 0 Å². The monoisotopic (exact) mass is 421 g/mol. The number of nitrogens with one attached hydrogen (secondary N) is 2. The van der Waals surface area contributed by atoms with E-state index in [0.717, 1.165) is 22.6 Å². The first-order valence-corrected chi connectivity index (χ1v) is 9.91. The molecule has 1 aliphatic rings. The molecule has 2 heterocycles. The van der Waals surface area contributed by atoms with Gasteiger partial charge in [0.25, 0.3) is 5.91 Å². The van der Waals surface area contributed by atoms with Gasteiger partial charge in [-0.15, -0.1) is 11.3 Å². The van der Waals surface area contributed by atoms with E-state index >= 15 is 0 Å². The lowest BCUT2D eigenvalue weighted by molar-refractivity contribution is -0.115. The number of nitrogens with zero attached hydrogens (tertiary/aromatic N) is 1. The average Bonchev–Trinajstić information content (AvgIpc) is 3.08. The van der Waals surface area contributed by atoms with Crippen molar-refractivity contribution in [2.75, 3.05) is 29.9 Å². The summed E-state index contributed by atoms with van der Waals surface area (Å²) in [6.45, 7) is 2.13. The summed E-state index contributed by atoms with van der Waals surface area (Å²) < 4.78 is 0.885. The molecular weight excluding hydrogens is 402 g/mol. The van der Waals surface area contributed by atoms with E-state index in [2.05, 4.69) is 31.5 Å². The summed E-state index contributed by atoms with van der Waals surface area (Å²) >= 11 is 4.65. The molecule has 0 atom stereocenters. The Hall–Kier alpha value is -1.86. The van der Waals surface area contributed by atoms with E-state index in [1.54, 1.807) is 6.07 Å². The van der Waals surface area contributed by atoms with Crippen molar-refractivity contribution in [2.24, 2.45) is 0 Å². The summed E-state index contributed by atoms with van der Waals surface area (Å²) in [5, 5.41) is 5.43. The number of anilines is 2. The highest BCUT2D eigenvalue weighted by atomic mass is 79.9. The maximum atomic E-state index is 12.0. The second kappa shape index (κ2) is 8.49. The van der Waals surface area contributed by atoms with Gasteiger partial charge in [-0.2, -0.15) is 0 Å². The number of rotatable bonds is 5. The number of hydrogen-bond donors (Lipinski definition) is 2. The Morgan fingerprint density at radius 3 is 2.40 bits per heavy atom. The maximum absolute atomic E-state index is 12.0. The molecule has 0 aliphatic carbocycles. The lowest BCUT2D eigenvalue weighted by atomic mass is 10.1. The standard InChI is InChI=1S/C18H20BrN3O2S/c19-16-9-8-15(25-16)18(24)20-12-17(23)21-13-4-6-14(7-5-13)22-10-2-1-3-11-22/h4-9H,1-3,10-12H2,(H,20,24)(H,21,23). The van der Waals surface area contributed by atoms with Crippen molar-refractivity contribution >= 4 is 50.5 Å². The molecule has 2 N–H and O–H groups in total. The number of piperidine rings is 1. The third-order valence-electron chi connectivity index (χ3n) is 4.08. The largest absolute Gasteiger partial charge is 0.372 e. The Labute approximate surface area is 159 Å². The fourth-order valence-corrected chi connectivity index (χ4v) is 4.10. The summed E-state index contributed by atoms with van der Waals surface area (Å²) in [5.74, 6) is -0.485. The van der Waals surface area contributed by atoms with Gasteiger partial charge in [0.1, 0.15) is 0 Å². The first-order chi connectivity index (χ1) is 12.1. The van der Waals surface area contributed by atoms with Crippen molar-refractivity contribution in [2.45, 2.75) is 19.3 Å². The molecule has 5 nitrogen and oxygen atoms in total. The van der Waals surface area contributed by atoms with Crippen LogP contribution in [0.5, 0.6) is 0 Å². The molecule has 1 saturated heterocycles. The lowest BCUT2D eigenvalue weighted by Crippen LogP contribution is -2.32. The second-order valence-corrected chi connectivity index (χ2v) is 8.39. The molecule has 0 spiro atoms. The van der Waals surface area contributed by atoms with Crippen LogP contribution in [0.2, 0.25) is 0 Å². The van der Waals surface area contributed by atoms with Gasteiger partial charge in [-0.1, -0.05) is 0 Å². The first-order valence-electron chi connectivity index (χ1n) is 8.30. The number of halogens is 1. The minimum atomic E-state index is -0.244. The number of carbonyl (C=O) groups excluding carboxylic acids is 2. The predicted octanol–water partition coefficient (Wildman–Crippen LogP) is 3.87. The number of carbonyl (C=O) groups is 2. The third kappa shape index (κ3) is 5.06. The zero-order chi connectivity index (χ0) is 17.6. The fourth-order valence-electron chi connectivity index (χ4n) is 2.80. The summed E-state index contributed by atoms with van der Waals surface area (Å²) in [7, 11) is 0. The molecule has 7 heteroatoms. The van der Waals surface area contributed by atoms with Gasteiger partial charge in [0.05, 0.1) is 15.2 Å². The Balaban J connectivity index is 1.48. The fraction of sp³-hybridized carbons (Fsp3) is 0.333. The molecule has 0 saturated carbocycles. The molecule has 1 aromatic heterocycles. The van der Waals surface area contributed by atoms with Crippen molar-refractivity contribution in [1.82, 2.24) is 5.32 Å². The molecule has 25 heavy (non-hydrogen) atoms. The molecular formula is C18H20BrN3O2S. The highest BCUT2D eigenvalue weighted by Gasteiger charge is 2.12. The quantitative estimate of drug-likeness (QED) is 0.769. The number of amides is 2. The number of hydrogen-bond acceptors (Lipinski definition) is 4. The van der Waals surface area contributed by atoms with Gasteiger partial charge >= 0.3 is 0 Å². The van der Waals surface area contributed by atoms with Crippen LogP contribution in [0.3, 0.4) is 0 Å². The van der Waals surface area contributed by atoms with Crippen molar-refractivity contribution < 1.29 is 9.59 Å². The first kappa shape index (κ1) is 17.9. The summed E-state index contributed by atoms with van der Waals surface area (Å²) in [5.41, 5.74) is 1.92. The minimum absolute atomic E-state index is 0.0533. The van der Waals surface area contributed by atoms with E-state index in [-0.39, 0.29) is 18.4 Å². The Morgan fingerprint density at radius 2 is 1.76 bits per heavy atom. The molecule has 1 aliphatic heterocycles. The highest BCUT2D eigenvalue weighted by Crippen LogP contribution is 2.22. The van der Waals surface area contributed by atoms with Gasteiger partial charge < -0.3 is 15.5 Å². The predicted molar refractivity (Wildman–Crippen MR) is 105 cm³/mol. The lowest BCUT2D eigenvalue weighted by Gasteiger charge is -2.28. The molecule has 1 aromatic carbocycles. The number of benzene rings is 1. The van der Waals surface area contributed by atoms with Crippen molar-refractivity contribution in [1.29, 1.82) is 0 Å². The Bertz CT molecular complexity index is 739. The molecule has 0 radical (unpaired) electrons. The Kier molecular flexibility index (Phi) is 6.09. The summed E-state index contributed by atoms with van der Waals surface area (Å²) in [4.78, 5) is 26.9. The van der Waals surface area contributed by atoms with Crippen LogP contribution in [0.1, 0.15) is 28.9 Å². The van der Waals surface area contributed by atoms with Crippen LogP contribution in [0.15, 0.2) is 40.2 Å². The third-order valence-corrected chi connectivity index (χ3v) is 5.70. The van der Waals surface area contributed by atoms with Crippen LogP contribution in [0, 0.1) is 0 Å². The van der Waals surface area contributed by atoms with Crippen LogP contribution in [0.25, 0.3) is 0 Å². The van der Waals surface area contributed by atoms with Gasteiger partial charge in [-0.3, -0.25) is 9.59 Å². The maximum Gasteiger partial charge on any atom is 0.261 e. The van der Waals surface area contributed by atoms with Crippen LogP contribution in [-0.2, 0) is 4.79 Å². The summed E-state index contributed by atoms with van der Waals surface area (Å²) in [6, 6.07) is 11.4. The topological polar surface area (TPSA) is 61.4 Å². The van der Waals surface area contributed by atoms with Crippen LogP contribution in [0.4, 0.5) is 11.4 Å². The molecule has 0 unspecified atom stereocenters. The molecule has 0 bridgehead atoms. The minimum Gasteiger partial charge on any atom is -0.372 e. The average molecular weight is 422 g/mol. The van der Waals surface area contributed by atoms with E-state index in [1.807, 2.05) is 30.3 Å². The zero-order valence-electron chi connectivity index (χ0n) is 13.8. The van der Waals surface area contributed by atoms with E-state index in [4.69, 9.17) is 0 Å². The van der Waals surface area contributed by atoms with E-state index in [1.165, 1.54) is 36.3 Å². The number of thiophene rings is 1. The van der Waals surface area contributed by atoms with Gasteiger partial charge in [-0.05, 0) is 71.6 Å².